The molecule has 0 aliphatic rings. The molecule has 1 unspecified atom stereocenters. The molecule has 90 valence electrons. The van der Waals surface area contributed by atoms with Crippen molar-refractivity contribution in [2.75, 3.05) is 18.6 Å². The first kappa shape index (κ1) is 14.5. The normalized spacial score (nSPS) is 14.5. The fourth-order valence-corrected chi connectivity index (χ4v) is 3.67. The van der Waals surface area contributed by atoms with Crippen LogP contribution in [0.5, 0.6) is 5.75 Å². The molecule has 1 rings (SSSR count). The molecular weight excluding hydrogens is 276 g/mol. The SMILES string of the molecule is COc1ccc(SC(S)(CS)CCS)cc1. The summed E-state index contributed by atoms with van der Waals surface area (Å²) in [5, 5.41) is 0. The molecule has 1 atom stereocenters. The fraction of sp³-hybridized carbons (Fsp3) is 0.455. The molecule has 0 amide bonds. The highest BCUT2D eigenvalue weighted by Crippen LogP contribution is 2.40. The van der Waals surface area contributed by atoms with Crippen LogP contribution in [0.25, 0.3) is 0 Å². The molecule has 5 heteroatoms. The summed E-state index contributed by atoms with van der Waals surface area (Å²) in [4.78, 5) is 1.17. The summed E-state index contributed by atoms with van der Waals surface area (Å²) < 4.78 is 4.96. The maximum atomic E-state index is 5.12. The Morgan fingerprint density at radius 3 is 2.31 bits per heavy atom. The van der Waals surface area contributed by atoms with Crippen LogP contribution in [0.3, 0.4) is 0 Å². The molecule has 0 aliphatic heterocycles. The standard InChI is InChI=1S/C11H16OS4/c1-12-9-2-4-10(5-3-9)16-11(15,8-14)6-7-13/h2-5,13-15H,6-8H2,1H3. The van der Waals surface area contributed by atoms with Crippen molar-refractivity contribution in [2.45, 2.75) is 15.4 Å². The van der Waals surface area contributed by atoms with Gasteiger partial charge in [0.2, 0.25) is 0 Å². The average molecular weight is 293 g/mol. The molecule has 1 nitrogen and oxygen atoms in total. The lowest BCUT2D eigenvalue weighted by molar-refractivity contribution is 0.414. The van der Waals surface area contributed by atoms with E-state index >= 15 is 0 Å². The summed E-state index contributed by atoms with van der Waals surface area (Å²) in [6.45, 7) is 0. The monoisotopic (exact) mass is 292 g/mol. The molecule has 16 heavy (non-hydrogen) atoms. The quantitative estimate of drug-likeness (QED) is 0.419. The second-order valence-electron chi connectivity index (χ2n) is 3.36. The molecule has 0 radical (unpaired) electrons. The minimum absolute atomic E-state index is 0.153. The van der Waals surface area contributed by atoms with Crippen LogP contribution >= 0.6 is 49.6 Å². The Bertz CT molecular complexity index is 314. The first-order chi connectivity index (χ1) is 7.63. The summed E-state index contributed by atoms with van der Waals surface area (Å²) in [7, 11) is 1.67. The van der Waals surface area contributed by atoms with Gasteiger partial charge < -0.3 is 4.74 Å². The van der Waals surface area contributed by atoms with E-state index in [1.54, 1.807) is 18.9 Å². The summed E-state index contributed by atoms with van der Waals surface area (Å²) in [6, 6.07) is 7.98. The van der Waals surface area contributed by atoms with E-state index in [-0.39, 0.29) is 4.08 Å². The van der Waals surface area contributed by atoms with E-state index in [0.717, 1.165) is 17.9 Å². The summed E-state index contributed by atoms with van der Waals surface area (Å²) in [5.41, 5.74) is 0. The van der Waals surface area contributed by atoms with Gasteiger partial charge in [0.25, 0.3) is 0 Å². The van der Waals surface area contributed by atoms with Gasteiger partial charge in [-0.2, -0.15) is 37.9 Å². The topological polar surface area (TPSA) is 9.23 Å². The third kappa shape index (κ3) is 4.35. The first-order valence-corrected chi connectivity index (χ1v) is 7.43. The van der Waals surface area contributed by atoms with Gasteiger partial charge in [0, 0.05) is 10.6 Å². The molecule has 0 bridgehead atoms. The van der Waals surface area contributed by atoms with Crippen molar-refractivity contribution in [1.29, 1.82) is 0 Å². The van der Waals surface area contributed by atoms with Crippen molar-refractivity contribution in [1.82, 2.24) is 0 Å². The van der Waals surface area contributed by atoms with E-state index in [0.29, 0.717) is 5.75 Å². The number of rotatable bonds is 6. The zero-order valence-electron chi connectivity index (χ0n) is 9.09. The summed E-state index contributed by atoms with van der Waals surface area (Å²) in [5.74, 6) is 2.40. The maximum absolute atomic E-state index is 5.12. The minimum atomic E-state index is -0.153. The molecule has 0 fully saturated rings. The van der Waals surface area contributed by atoms with Gasteiger partial charge in [0.15, 0.2) is 0 Å². The average Bonchev–Trinajstić information content (AvgIpc) is 2.30. The lowest BCUT2D eigenvalue weighted by atomic mass is 10.3. The Morgan fingerprint density at radius 1 is 1.25 bits per heavy atom. The Balaban J connectivity index is 2.70. The number of hydrogen-bond donors (Lipinski definition) is 3. The van der Waals surface area contributed by atoms with Crippen molar-refractivity contribution in [3.05, 3.63) is 24.3 Å². The third-order valence-electron chi connectivity index (χ3n) is 2.12. The number of benzene rings is 1. The highest BCUT2D eigenvalue weighted by atomic mass is 32.2. The molecule has 0 aromatic heterocycles. The Labute approximate surface area is 118 Å². The first-order valence-electron chi connectivity index (χ1n) is 4.91. The van der Waals surface area contributed by atoms with Crippen LogP contribution in [-0.2, 0) is 0 Å². The summed E-state index contributed by atoms with van der Waals surface area (Å²) >= 11 is 15.0. The zero-order valence-corrected chi connectivity index (χ0v) is 12.6. The van der Waals surface area contributed by atoms with Gasteiger partial charge in [-0.15, -0.1) is 11.8 Å². The Hall–Kier alpha value is 0.420. The highest BCUT2D eigenvalue weighted by molar-refractivity contribution is 8.12. The number of hydrogen-bond acceptors (Lipinski definition) is 5. The number of thiol groups is 3. The number of ether oxygens (including phenoxy) is 1. The van der Waals surface area contributed by atoms with E-state index < -0.39 is 0 Å². The van der Waals surface area contributed by atoms with E-state index in [2.05, 4.69) is 37.9 Å². The molecule has 0 spiro atoms. The van der Waals surface area contributed by atoms with Gasteiger partial charge in [-0.1, -0.05) is 0 Å². The van der Waals surface area contributed by atoms with Crippen LogP contribution in [0, 0.1) is 0 Å². The van der Waals surface area contributed by atoms with E-state index in [1.807, 2.05) is 24.3 Å². The minimum Gasteiger partial charge on any atom is -0.497 e. The lowest BCUT2D eigenvalue weighted by Gasteiger charge is -2.25. The third-order valence-corrected chi connectivity index (χ3v) is 5.24. The van der Waals surface area contributed by atoms with E-state index in [1.165, 1.54) is 4.90 Å². The second-order valence-corrected chi connectivity index (χ2v) is 6.73. The predicted molar refractivity (Wildman–Crippen MR) is 82.9 cm³/mol. The van der Waals surface area contributed by atoms with Crippen LogP contribution in [-0.4, -0.2) is 22.7 Å². The van der Waals surface area contributed by atoms with Crippen molar-refractivity contribution >= 4 is 49.6 Å². The van der Waals surface area contributed by atoms with Crippen molar-refractivity contribution < 1.29 is 4.74 Å². The molecule has 0 N–H and O–H groups in total. The predicted octanol–water partition coefficient (Wildman–Crippen LogP) is 3.66. The van der Waals surface area contributed by atoms with Crippen molar-refractivity contribution in [2.24, 2.45) is 0 Å². The Kier molecular flexibility index (Phi) is 6.32. The van der Waals surface area contributed by atoms with Crippen LogP contribution in [0.4, 0.5) is 0 Å². The second kappa shape index (κ2) is 6.99. The van der Waals surface area contributed by atoms with Gasteiger partial charge >= 0.3 is 0 Å². The van der Waals surface area contributed by atoms with Crippen LogP contribution in [0.2, 0.25) is 0 Å². The van der Waals surface area contributed by atoms with E-state index in [4.69, 9.17) is 4.74 Å². The van der Waals surface area contributed by atoms with Gasteiger partial charge in [0.1, 0.15) is 5.75 Å². The van der Waals surface area contributed by atoms with Gasteiger partial charge in [-0.3, -0.25) is 0 Å². The number of thioether (sulfide) groups is 1. The fourth-order valence-electron chi connectivity index (χ4n) is 1.20. The van der Waals surface area contributed by atoms with Gasteiger partial charge in [-0.05, 0) is 36.4 Å². The molecule has 1 aromatic rings. The van der Waals surface area contributed by atoms with Crippen LogP contribution in [0.1, 0.15) is 6.42 Å². The van der Waals surface area contributed by atoms with E-state index in [9.17, 15) is 0 Å². The molecule has 0 saturated heterocycles. The lowest BCUT2D eigenvalue weighted by Crippen LogP contribution is -2.19. The van der Waals surface area contributed by atoms with Gasteiger partial charge in [0.05, 0.1) is 11.2 Å². The molecule has 0 heterocycles. The smallest absolute Gasteiger partial charge is 0.118 e. The van der Waals surface area contributed by atoms with Crippen LogP contribution < -0.4 is 4.74 Å². The van der Waals surface area contributed by atoms with Crippen molar-refractivity contribution in [3.8, 4) is 5.75 Å². The zero-order chi connectivity index (χ0) is 12.0. The van der Waals surface area contributed by atoms with Crippen LogP contribution in [0.15, 0.2) is 29.2 Å². The van der Waals surface area contributed by atoms with Crippen molar-refractivity contribution in [3.63, 3.8) is 0 Å². The number of methoxy groups -OCH3 is 1. The molecule has 0 aliphatic carbocycles. The molecular formula is C11H16OS4. The molecule has 1 aromatic carbocycles. The summed E-state index contributed by atoms with van der Waals surface area (Å²) in [6.07, 6.45) is 0.916. The molecule has 0 saturated carbocycles. The Morgan fingerprint density at radius 2 is 1.88 bits per heavy atom. The highest BCUT2D eigenvalue weighted by Gasteiger charge is 2.24. The largest absolute Gasteiger partial charge is 0.497 e. The maximum Gasteiger partial charge on any atom is 0.118 e. The van der Waals surface area contributed by atoms with Gasteiger partial charge in [-0.25, -0.2) is 0 Å².